The fourth-order valence-corrected chi connectivity index (χ4v) is 3.75. The molecule has 1 heterocycles. The number of halogens is 1. The highest BCUT2D eigenvalue weighted by molar-refractivity contribution is 5.81. The van der Waals surface area contributed by atoms with Gasteiger partial charge in [-0.2, -0.15) is 0 Å². The molecule has 1 aliphatic heterocycles. The fourth-order valence-electron chi connectivity index (χ4n) is 3.75. The number of benzene rings is 1. The third-order valence-corrected chi connectivity index (χ3v) is 5.38. The molecule has 0 aromatic heterocycles. The van der Waals surface area contributed by atoms with E-state index in [0.717, 1.165) is 44.7 Å². The van der Waals surface area contributed by atoms with E-state index in [1.807, 2.05) is 19.1 Å². The summed E-state index contributed by atoms with van der Waals surface area (Å²) in [4.78, 5) is 17.0. The predicted molar refractivity (Wildman–Crippen MR) is 94.7 cm³/mol. The smallest absolute Gasteiger partial charge is 0.237 e. The van der Waals surface area contributed by atoms with E-state index in [-0.39, 0.29) is 17.8 Å². The SMILES string of the molecule is C[C@H](C(=O)NC1CCCCC1)N1CCN(c2ccc(F)cc2)CC1. The summed E-state index contributed by atoms with van der Waals surface area (Å²) >= 11 is 0. The number of rotatable bonds is 4. The van der Waals surface area contributed by atoms with Gasteiger partial charge in [0.2, 0.25) is 5.91 Å². The van der Waals surface area contributed by atoms with Crippen LogP contribution in [0.3, 0.4) is 0 Å². The molecule has 0 unspecified atom stereocenters. The van der Waals surface area contributed by atoms with Crippen LogP contribution >= 0.6 is 0 Å². The zero-order valence-electron chi connectivity index (χ0n) is 14.5. The van der Waals surface area contributed by atoms with Crippen molar-refractivity contribution in [3.63, 3.8) is 0 Å². The Morgan fingerprint density at radius 2 is 1.71 bits per heavy atom. The Kier molecular flexibility index (Phi) is 5.72. The lowest BCUT2D eigenvalue weighted by atomic mass is 9.95. The van der Waals surface area contributed by atoms with Crippen molar-refractivity contribution in [1.82, 2.24) is 10.2 Å². The molecule has 1 N–H and O–H groups in total. The van der Waals surface area contributed by atoms with Crippen LogP contribution in [0.25, 0.3) is 0 Å². The lowest BCUT2D eigenvalue weighted by Gasteiger charge is -2.39. The van der Waals surface area contributed by atoms with Crippen LogP contribution in [-0.4, -0.2) is 49.1 Å². The number of carbonyl (C=O) groups excluding carboxylic acids is 1. The highest BCUT2D eigenvalue weighted by Crippen LogP contribution is 2.19. The average Bonchev–Trinajstić information content (AvgIpc) is 2.63. The second-order valence-electron chi connectivity index (χ2n) is 7.02. The van der Waals surface area contributed by atoms with Gasteiger partial charge in [-0.25, -0.2) is 4.39 Å². The molecular weight excluding hydrogens is 305 g/mol. The number of nitrogens with one attached hydrogen (secondary N) is 1. The van der Waals surface area contributed by atoms with E-state index in [2.05, 4.69) is 15.1 Å². The monoisotopic (exact) mass is 333 g/mol. The standard InChI is InChI=1S/C19H28FN3O/c1-15(19(24)21-17-5-3-2-4-6-17)22-11-13-23(14-12-22)18-9-7-16(20)8-10-18/h7-10,15,17H,2-6,11-14H2,1H3,(H,21,24)/t15-/m1/s1. The highest BCUT2D eigenvalue weighted by atomic mass is 19.1. The van der Waals surface area contributed by atoms with E-state index in [1.54, 1.807) is 0 Å². The molecule has 1 aliphatic carbocycles. The summed E-state index contributed by atoms with van der Waals surface area (Å²) in [5.74, 6) is -0.0393. The summed E-state index contributed by atoms with van der Waals surface area (Å²) in [6.45, 7) is 5.46. The van der Waals surface area contributed by atoms with Crippen molar-refractivity contribution in [3.8, 4) is 0 Å². The van der Waals surface area contributed by atoms with Crippen LogP contribution in [0.4, 0.5) is 10.1 Å². The van der Waals surface area contributed by atoms with Crippen molar-refractivity contribution in [2.75, 3.05) is 31.1 Å². The molecule has 2 fully saturated rings. The topological polar surface area (TPSA) is 35.6 Å². The molecule has 132 valence electrons. The molecule has 3 rings (SSSR count). The first-order chi connectivity index (χ1) is 11.6. The Morgan fingerprint density at radius 1 is 1.08 bits per heavy atom. The van der Waals surface area contributed by atoms with Crippen molar-refractivity contribution >= 4 is 11.6 Å². The van der Waals surface area contributed by atoms with Crippen LogP contribution in [0.1, 0.15) is 39.0 Å². The van der Waals surface area contributed by atoms with Crippen LogP contribution in [0.2, 0.25) is 0 Å². The first-order valence-electron chi connectivity index (χ1n) is 9.18. The minimum atomic E-state index is -0.203. The molecular formula is C19H28FN3O. The van der Waals surface area contributed by atoms with Crippen LogP contribution in [0, 0.1) is 5.82 Å². The number of nitrogens with zero attached hydrogens (tertiary/aromatic N) is 2. The minimum absolute atomic E-state index is 0.0812. The molecule has 4 nitrogen and oxygen atoms in total. The van der Waals surface area contributed by atoms with Gasteiger partial charge in [-0.05, 0) is 44.0 Å². The van der Waals surface area contributed by atoms with Gasteiger partial charge < -0.3 is 10.2 Å². The van der Waals surface area contributed by atoms with E-state index >= 15 is 0 Å². The second kappa shape index (κ2) is 7.97. The second-order valence-corrected chi connectivity index (χ2v) is 7.02. The summed E-state index contributed by atoms with van der Waals surface area (Å²) in [5.41, 5.74) is 1.05. The van der Waals surface area contributed by atoms with Gasteiger partial charge in [-0.3, -0.25) is 9.69 Å². The van der Waals surface area contributed by atoms with Gasteiger partial charge in [0.1, 0.15) is 5.82 Å². The number of hydrogen-bond donors (Lipinski definition) is 1. The van der Waals surface area contributed by atoms with Gasteiger partial charge in [-0.1, -0.05) is 19.3 Å². The third-order valence-electron chi connectivity index (χ3n) is 5.38. The van der Waals surface area contributed by atoms with Gasteiger partial charge in [0, 0.05) is 37.9 Å². The van der Waals surface area contributed by atoms with Crippen LogP contribution in [-0.2, 0) is 4.79 Å². The molecule has 0 radical (unpaired) electrons. The van der Waals surface area contributed by atoms with Gasteiger partial charge in [0.15, 0.2) is 0 Å². The molecule has 0 bridgehead atoms. The van der Waals surface area contributed by atoms with Crippen molar-refractivity contribution in [2.45, 2.75) is 51.1 Å². The normalized spacial score (nSPS) is 21.5. The maximum absolute atomic E-state index is 13.0. The predicted octanol–water partition coefficient (Wildman–Crippen LogP) is 2.79. The Hall–Kier alpha value is -1.62. The van der Waals surface area contributed by atoms with Crippen LogP contribution in [0.15, 0.2) is 24.3 Å². The lowest BCUT2D eigenvalue weighted by molar-refractivity contribution is -0.127. The number of piperazine rings is 1. The summed E-state index contributed by atoms with van der Waals surface area (Å²) in [6.07, 6.45) is 6.01. The zero-order chi connectivity index (χ0) is 16.9. The van der Waals surface area contributed by atoms with E-state index in [0.29, 0.717) is 6.04 Å². The van der Waals surface area contributed by atoms with Gasteiger partial charge >= 0.3 is 0 Å². The Bertz CT molecular complexity index is 534. The molecule has 5 heteroatoms. The Labute approximate surface area is 144 Å². The van der Waals surface area contributed by atoms with Crippen LogP contribution in [0.5, 0.6) is 0 Å². The molecule has 1 aromatic carbocycles. The van der Waals surface area contributed by atoms with Crippen molar-refractivity contribution in [1.29, 1.82) is 0 Å². The van der Waals surface area contributed by atoms with E-state index in [1.165, 1.54) is 31.4 Å². The van der Waals surface area contributed by atoms with Gasteiger partial charge in [0.05, 0.1) is 6.04 Å². The zero-order valence-corrected chi connectivity index (χ0v) is 14.5. The van der Waals surface area contributed by atoms with Crippen molar-refractivity contribution in [2.24, 2.45) is 0 Å². The quantitative estimate of drug-likeness (QED) is 0.920. The molecule has 1 saturated carbocycles. The van der Waals surface area contributed by atoms with Crippen molar-refractivity contribution < 1.29 is 9.18 Å². The lowest BCUT2D eigenvalue weighted by Crippen LogP contribution is -2.55. The Balaban J connectivity index is 1.48. The summed E-state index contributed by atoms with van der Waals surface area (Å²) in [6, 6.07) is 6.94. The summed E-state index contributed by atoms with van der Waals surface area (Å²) < 4.78 is 13.0. The van der Waals surface area contributed by atoms with E-state index < -0.39 is 0 Å². The van der Waals surface area contributed by atoms with E-state index in [9.17, 15) is 9.18 Å². The largest absolute Gasteiger partial charge is 0.369 e. The van der Waals surface area contributed by atoms with Crippen LogP contribution < -0.4 is 10.2 Å². The maximum Gasteiger partial charge on any atom is 0.237 e. The molecule has 2 aliphatic rings. The number of anilines is 1. The summed E-state index contributed by atoms with van der Waals surface area (Å²) in [7, 11) is 0. The first-order valence-corrected chi connectivity index (χ1v) is 9.18. The molecule has 0 spiro atoms. The average molecular weight is 333 g/mol. The number of hydrogen-bond acceptors (Lipinski definition) is 3. The fraction of sp³-hybridized carbons (Fsp3) is 0.632. The first kappa shape index (κ1) is 17.2. The highest BCUT2D eigenvalue weighted by Gasteiger charge is 2.27. The minimum Gasteiger partial charge on any atom is -0.369 e. The maximum atomic E-state index is 13.0. The molecule has 1 saturated heterocycles. The van der Waals surface area contributed by atoms with E-state index in [4.69, 9.17) is 0 Å². The van der Waals surface area contributed by atoms with Crippen molar-refractivity contribution in [3.05, 3.63) is 30.1 Å². The molecule has 24 heavy (non-hydrogen) atoms. The third kappa shape index (κ3) is 4.26. The molecule has 1 atom stereocenters. The molecule has 1 amide bonds. The van der Waals surface area contributed by atoms with Gasteiger partial charge in [-0.15, -0.1) is 0 Å². The van der Waals surface area contributed by atoms with Gasteiger partial charge in [0.25, 0.3) is 0 Å². The number of amides is 1. The molecule has 1 aromatic rings. The summed E-state index contributed by atoms with van der Waals surface area (Å²) in [5, 5.41) is 3.23. The number of carbonyl (C=O) groups is 1. The Morgan fingerprint density at radius 3 is 2.33 bits per heavy atom.